The van der Waals surface area contributed by atoms with Crippen molar-refractivity contribution >= 4 is 28.4 Å². The first-order valence-corrected chi connectivity index (χ1v) is 7.16. The molecule has 0 unspecified atom stereocenters. The van der Waals surface area contributed by atoms with E-state index in [-0.39, 0.29) is 11.0 Å². The lowest BCUT2D eigenvalue weighted by molar-refractivity contribution is 0.0949. The zero-order valence-corrected chi connectivity index (χ0v) is 12.4. The second-order valence-electron chi connectivity index (χ2n) is 4.89. The topological polar surface area (TPSA) is 62.0 Å². The summed E-state index contributed by atoms with van der Waals surface area (Å²) >= 11 is 5.89. The zero-order chi connectivity index (χ0) is 15.5. The molecular formula is C17H13ClN2O2. The fraction of sp³-hybridized carbons (Fsp3) is 0.0588. The third-order valence-corrected chi connectivity index (χ3v) is 3.62. The Labute approximate surface area is 131 Å². The third-order valence-electron chi connectivity index (χ3n) is 3.38. The number of fused-ring (bicyclic) bond motifs is 1. The summed E-state index contributed by atoms with van der Waals surface area (Å²) in [6, 6.07) is 14.4. The Hall–Kier alpha value is -2.59. The molecule has 0 atom stereocenters. The van der Waals surface area contributed by atoms with Crippen molar-refractivity contribution < 1.29 is 4.79 Å². The maximum atomic E-state index is 12.4. The highest BCUT2D eigenvalue weighted by Gasteiger charge is 2.12. The van der Waals surface area contributed by atoms with Gasteiger partial charge in [0.1, 0.15) is 5.56 Å². The molecule has 0 aliphatic carbocycles. The van der Waals surface area contributed by atoms with Gasteiger partial charge in [-0.2, -0.15) is 0 Å². The molecule has 3 rings (SSSR count). The molecule has 1 heterocycles. The number of rotatable bonds is 3. The molecule has 0 bridgehead atoms. The van der Waals surface area contributed by atoms with E-state index in [0.29, 0.717) is 22.5 Å². The zero-order valence-electron chi connectivity index (χ0n) is 11.6. The van der Waals surface area contributed by atoms with Crippen molar-refractivity contribution in [3.05, 3.63) is 81.1 Å². The van der Waals surface area contributed by atoms with Crippen molar-refractivity contribution in [1.29, 1.82) is 0 Å². The largest absolute Gasteiger partial charge is 0.360 e. The number of amides is 1. The molecule has 0 spiro atoms. The summed E-state index contributed by atoms with van der Waals surface area (Å²) in [4.78, 5) is 27.5. The van der Waals surface area contributed by atoms with Gasteiger partial charge in [0.25, 0.3) is 5.91 Å². The van der Waals surface area contributed by atoms with Crippen LogP contribution in [0.3, 0.4) is 0 Å². The molecule has 1 aromatic heterocycles. The van der Waals surface area contributed by atoms with E-state index in [0.717, 1.165) is 5.56 Å². The lowest BCUT2D eigenvalue weighted by Gasteiger charge is -2.06. The normalized spacial score (nSPS) is 10.6. The van der Waals surface area contributed by atoms with E-state index < -0.39 is 5.91 Å². The first-order chi connectivity index (χ1) is 10.6. The quantitative estimate of drug-likeness (QED) is 0.780. The van der Waals surface area contributed by atoms with Gasteiger partial charge in [0.15, 0.2) is 0 Å². The maximum absolute atomic E-state index is 12.4. The van der Waals surface area contributed by atoms with Gasteiger partial charge in [-0.15, -0.1) is 0 Å². The Bertz CT molecular complexity index is 888. The summed E-state index contributed by atoms with van der Waals surface area (Å²) in [5.41, 5.74) is 1.36. The molecule has 110 valence electrons. The highest BCUT2D eigenvalue weighted by atomic mass is 35.5. The van der Waals surface area contributed by atoms with Crippen LogP contribution in [0.5, 0.6) is 0 Å². The van der Waals surface area contributed by atoms with Gasteiger partial charge in [-0.3, -0.25) is 9.59 Å². The average Bonchev–Trinajstić information content (AvgIpc) is 2.54. The van der Waals surface area contributed by atoms with Crippen LogP contribution < -0.4 is 10.7 Å². The highest BCUT2D eigenvalue weighted by Crippen LogP contribution is 2.15. The number of hydrogen-bond donors (Lipinski definition) is 2. The third kappa shape index (κ3) is 2.87. The van der Waals surface area contributed by atoms with Crippen LogP contribution in [0.1, 0.15) is 15.9 Å². The number of H-pyrrole nitrogens is 1. The minimum absolute atomic E-state index is 0.0887. The maximum Gasteiger partial charge on any atom is 0.257 e. The van der Waals surface area contributed by atoms with E-state index in [1.807, 2.05) is 30.3 Å². The number of aromatic nitrogens is 1. The van der Waals surface area contributed by atoms with Gasteiger partial charge in [0.2, 0.25) is 5.43 Å². The van der Waals surface area contributed by atoms with Crippen molar-refractivity contribution in [2.24, 2.45) is 0 Å². The number of carbonyl (C=O) groups excluding carboxylic acids is 1. The van der Waals surface area contributed by atoms with Crippen LogP contribution in [0.2, 0.25) is 5.02 Å². The highest BCUT2D eigenvalue weighted by molar-refractivity contribution is 6.31. The molecule has 1 amide bonds. The first-order valence-electron chi connectivity index (χ1n) is 6.78. The standard InChI is InChI=1S/C17H13ClN2O2/c18-12-6-7-13-15(8-12)19-10-14(16(13)21)17(22)20-9-11-4-2-1-3-5-11/h1-8,10H,9H2,(H,19,21)(H,20,22). The number of nitrogens with one attached hydrogen (secondary N) is 2. The van der Waals surface area contributed by atoms with Gasteiger partial charge in [-0.05, 0) is 23.8 Å². The molecule has 22 heavy (non-hydrogen) atoms. The van der Waals surface area contributed by atoms with Gasteiger partial charge in [0, 0.05) is 23.2 Å². The number of pyridine rings is 1. The van der Waals surface area contributed by atoms with Crippen LogP contribution >= 0.6 is 11.6 Å². The summed E-state index contributed by atoms with van der Waals surface area (Å²) in [7, 11) is 0. The molecule has 0 radical (unpaired) electrons. The minimum Gasteiger partial charge on any atom is -0.360 e. The predicted molar refractivity (Wildman–Crippen MR) is 87.2 cm³/mol. The van der Waals surface area contributed by atoms with Gasteiger partial charge >= 0.3 is 0 Å². The second-order valence-corrected chi connectivity index (χ2v) is 5.33. The van der Waals surface area contributed by atoms with Crippen LogP contribution in [0, 0.1) is 0 Å². The van der Waals surface area contributed by atoms with Crippen LogP contribution in [0.15, 0.2) is 59.5 Å². The van der Waals surface area contributed by atoms with E-state index in [9.17, 15) is 9.59 Å². The van der Waals surface area contributed by atoms with Crippen molar-refractivity contribution in [3.63, 3.8) is 0 Å². The Balaban J connectivity index is 1.87. The molecule has 0 aliphatic heterocycles. The van der Waals surface area contributed by atoms with Crippen molar-refractivity contribution in [2.75, 3.05) is 0 Å². The van der Waals surface area contributed by atoms with E-state index in [1.54, 1.807) is 18.2 Å². The van der Waals surface area contributed by atoms with Crippen molar-refractivity contribution in [1.82, 2.24) is 10.3 Å². The lowest BCUT2D eigenvalue weighted by Crippen LogP contribution is -2.28. The average molecular weight is 313 g/mol. The van der Waals surface area contributed by atoms with Crippen molar-refractivity contribution in [3.8, 4) is 0 Å². The molecule has 2 aromatic carbocycles. The smallest absolute Gasteiger partial charge is 0.257 e. The van der Waals surface area contributed by atoms with Gasteiger partial charge in [-0.25, -0.2) is 0 Å². The van der Waals surface area contributed by atoms with Crippen molar-refractivity contribution in [2.45, 2.75) is 6.54 Å². The fourth-order valence-corrected chi connectivity index (χ4v) is 2.41. The number of hydrogen-bond acceptors (Lipinski definition) is 2. The van der Waals surface area contributed by atoms with E-state index in [1.165, 1.54) is 6.20 Å². The SMILES string of the molecule is O=C(NCc1ccccc1)c1c[nH]c2cc(Cl)ccc2c1=O. The summed E-state index contributed by atoms with van der Waals surface area (Å²) in [5.74, 6) is -0.401. The molecule has 0 saturated heterocycles. The number of aromatic amines is 1. The molecule has 0 fully saturated rings. The molecule has 3 aromatic rings. The van der Waals surface area contributed by atoms with E-state index >= 15 is 0 Å². The predicted octanol–water partition coefficient (Wildman–Crippen LogP) is 3.11. The number of benzene rings is 2. The molecule has 0 saturated carbocycles. The number of halogens is 1. The van der Waals surface area contributed by atoms with Crippen LogP contribution in [-0.2, 0) is 6.54 Å². The molecule has 0 aliphatic rings. The molecular weight excluding hydrogens is 300 g/mol. The molecule has 2 N–H and O–H groups in total. The van der Waals surface area contributed by atoms with Gasteiger partial charge in [0.05, 0.1) is 5.52 Å². The summed E-state index contributed by atoms with van der Waals surface area (Å²) < 4.78 is 0. The first kappa shape index (κ1) is 14.4. The number of carbonyl (C=O) groups is 1. The van der Waals surface area contributed by atoms with Crippen LogP contribution in [0.4, 0.5) is 0 Å². The van der Waals surface area contributed by atoms with Gasteiger partial charge in [-0.1, -0.05) is 41.9 Å². The molecule has 5 heteroatoms. The van der Waals surface area contributed by atoms with E-state index in [4.69, 9.17) is 11.6 Å². The minimum atomic E-state index is -0.401. The monoisotopic (exact) mass is 312 g/mol. The van der Waals surface area contributed by atoms with Gasteiger partial charge < -0.3 is 10.3 Å². The Kier molecular flexibility index (Phi) is 3.94. The Morgan fingerprint density at radius 3 is 2.68 bits per heavy atom. The lowest BCUT2D eigenvalue weighted by atomic mass is 10.1. The Morgan fingerprint density at radius 2 is 1.91 bits per heavy atom. The summed E-state index contributed by atoms with van der Waals surface area (Å²) in [6.45, 7) is 0.373. The summed E-state index contributed by atoms with van der Waals surface area (Å²) in [6.07, 6.45) is 1.42. The fourth-order valence-electron chi connectivity index (χ4n) is 2.24. The second kappa shape index (κ2) is 6.03. The van der Waals surface area contributed by atoms with Crippen LogP contribution in [-0.4, -0.2) is 10.9 Å². The van der Waals surface area contributed by atoms with Crippen LogP contribution in [0.25, 0.3) is 10.9 Å². The Morgan fingerprint density at radius 1 is 1.14 bits per heavy atom. The van der Waals surface area contributed by atoms with E-state index in [2.05, 4.69) is 10.3 Å². The summed E-state index contributed by atoms with van der Waals surface area (Å²) in [5, 5.41) is 3.72. The molecule has 4 nitrogen and oxygen atoms in total.